The Bertz CT molecular complexity index is 731. The number of fused-ring (bicyclic) bond motifs is 1. The molecule has 0 radical (unpaired) electrons. The van der Waals surface area contributed by atoms with E-state index < -0.39 is 0 Å². The van der Waals surface area contributed by atoms with Gasteiger partial charge in [0.25, 0.3) is 11.1 Å². The molecule has 130 valence electrons. The highest BCUT2D eigenvalue weighted by Gasteiger charge is 2.30. The number of hydrogen-bond acceptors (Lipinski definition) is 6. The number of thiophene rings is 1. The van der Waals surface area contributed by atoms with Crippen molar-refractivity contribution < 1.29 is 9.21 Å². The van der Waals surface area contributed by atoms with Gasteiger partial charge in [0.15, 0.2) is 0 Å². The van der Waals surface area contributed by atoms with E-state index in [1.165, 1.54) is 28.6 Å². The fourth-order valence-corrected chi connectivity index (χ4v) is 4.70. The SMILES string of the molecule is CNC(=O)CSc1nnc(-c2cc3c(s2)CC[C@@H](C(C)(C)C)C3)o1. The lowest BCUT2D eigenvalue weighted by atomic mass is 9.72. The highest BCUT2D eigenvalue weighted by atomic mass is 32.2. The van der Waals surface area contributed by atoms with Crippen molar-refractivity contribution in [3.8, 4) is 10.8 Å². The summed E-state index contributed by atoms with van der Waals surface area (Å²) in [6, 6.07) is 2.21. The zero-order valence-corrected chi connectivity index (χ0v) is 16.1. The Morgan fingerprint density at radius 1 is 1.46 bits per heavy atom. The number of hydrogen-bond donors (Lipinski definition) is 1. The van der Waals surface area contributed by atoms with Crippen LogP contribution in [0.15, 0.2) is 15.7 Å². The van der Waals surface area contributed by atoms with Gasteiger partial charge in [0.1, 0.15) is 0 Å². The molecule has 2 heterocycles. The highest BCUT2D eigenvalue weighted by Crippen LogP contribution is 2.42. The Kier molecular flexibility index (Phi) is 5.01. The van der Waals surface area contributed by atoms with Crippen LogP contribution in [0.4, 0.5) is 0 Å². The molecule has 1 atom stereocenters. The minimum absolute atomic E-state index is 0.0560. The molecule has 2 aromatic heterocycles. The van der Waals surface area contributed by atoms with Crippen molar-refractivity contribution in [2.24, 2.45) is 11.3 Å². The summed E-state index contributed by atoms with van der Waals surface area (Å²) >= 11 is 3.02. The van der Waals surface area contributed by atoms with Gasteiger partial charge in [-0.2, -0.15) is 0 Å². The summed E-state index contributed by atoms with van der Waals surface area (Å²) in [5.41, 5.74) is 1.77. The lowest BCUT2D eigenvalue weighted by Crippen LogP contribution is -2.26. The summed E-state index contributed by atoms with van der Waals surface area (Å²) in [5.74, 6) is 1.50. The highest BCUT2D eigenvalue weighted by molar-refractivity contribution is 7.99. The van der Waals surface area contributed by atoms with Crippen molar-refractivity contribution in [1.29, 1.82) is 0 Å². The van der Waals surface area contributed by atoms with Crippen molar-refractivity contribution >= 4 is 29.0 Å². The van der Waals surface area contributed by atoms with Gasteiger partial charge in [-0.15, -0.1) is 21.5 Å². The van der Waals surface area contributed by atoms with Crippen LogP contribution >= 0.6 is 23.1 Å². The zero-order chi connectivity index (χ0) is 17.3. The first-order valence-corrected chi connectivity index (χ1v) is 9.96. The van der Waals surface area contributed by atoms with E-state index in [1.54, 1.807) is 18.4 Å². The Morgan fingerprint density at radius 3 is 2.96 bits per heavy atom. The van der Waals surface area contributed by atoms with E-state index in [2.05, 4.69) is 42.4 Å². The number of carbonyl (C=O) groups excluding carboxylic acids is 1. The first-order chi connectivity index (χ1) is 11.4. The topological polar surface area (TPSA) is 68.0 Å². The van der Waals surface area contributed by atoms with E-state index in [0.29, 0.717) is 22.4 Å². The van der Waals surface area contributed by atoms with Crippen LogP contribution in [0, 0.1) is 11.3 Å². The number of nitrogens with zero attached hydrogens (tertiary/aromatic N) is 2. The third kappa shape index (κ3) is 3.83. The molecule has 0 aliphatic heterocycles. The number of thioether (sulfide) groups is 1. The molecule has 1 amide bonds. The van der Waals surface area contributed by atoms with Crippen LogP contribution in [0.3, 0.4) is 0 Å². The smallest absolute Gasteiger partial charge is 0.277 e. The number of aryl methyl sites for hydroxylation is 1. The lowest BCUT2D eigenvalue weighted by molar-refractivity contribution is -0.118. The standard InChI is InChI=1S/C17H23N3O2S2/c1-17(2,3)11-5-6-12-10(7-11)8-13(24-12)15-19-20-16(22-15)23-9-14(21)18-4/h8,11H,5-7,9H2,1-4H3,(H,18,21)/t11-/m1/s1. The van der Waals surface area contributed by atoms with Crippen molar-refractivity contribution in [2.75, 3.05) is 12.8 Å². The van der Waals surface area contributed by atoms with Crippen molar-refractivity contribution in [2.45, 2.75) is 45.3 Å². The van der Waals surface area contributed by atoms with Crippen molar-refractivity contribution in [3.63, 3.8) is 0 Å². The number of amides is 1. The number of aromatic nitrogens is 2. The van der Waals surface area contributed by atoms with Gasteiger partial charge in [-0.3, -0.25) is 4.79 Å². The normalized spacial score (nSPS) is 17.6. The first kappa shape index (κ1) is 17.5. The summed E-state index contributed by atoms with van der Waals surface area (Å²) < 4.78 is 5.71. The minimum Gasteiger partial charge on any atom is -0.410 e. The summed E-state index contributed by atoms with van der Waals surface area (Å²) in [6.45, 7) is 6.97. The van der Waals surface area contributed by atoms with Crippen molar-refractivity contribution in [3.05, 3.63) is 16.5 Å². The van der Waals surface area contributed by atoms with Gasteiger partial charge >= 0.3 is 0 Å². The second-order valence-electron chi connectivity index (χ2n) is 7.20. The number of rotatable bonds is 4. The third-order valence-corrected chi connectivity index (χ3v) is 6.57. The van der Waals surface area contributed by atoms with E-state index in [9.17, 15) is 4.79 Å². The first-order valence-electron chi connectivity index (χ1n) is 8.15. The molecule has 0 saturated heterocycles. The fourth-order valence-electron chi connectivity index (χ4n) is 2.94. The molecule has 3 rings (SSSR count). The molecule has 1 aliphatic carbocycles. The predicted molar refractivity (Wildman–Crippen MR) is 97.4 cm³/mol. The van der Waals surface area contributed by atoms with Gasteiger partial charge in [0, 0.05) is 11.9 Å². The molecular formula is C17H23N3O2S2. The second kappa shape index (κ2) is 6.88. The van der Waals surface area contributed by atoms with E-state index in [1.807, 2.05) is 0 Å². The number of carbonyl (C=O) groups is 1. The average molecular weight is 366 g/mol. The van der Waals surface area contributed by atoms with E-state index >= 15 is 0 Å². The Balaban J connectivity index is 1.72. The van der Waals surface area contributed by atoms with Crippen LogP contribution in [0.2, 0.25) is 0 Å². The third-order valence-electron chi connectivity index (χ3n) is 4.53. The fraction of sp³-hybridized carbons (Fsp3) is 0.588. The molecule has 0 bridgehead atoms. The molecule has 5 nitrogen and oxygen atoms in total. The number of nitrogens with one attached hydrogen (secondary N) is 1. The monoisotopic (exact) mass is 365 g/mol. The largest absolute Gasteiger partial charge is 0.410 e. The molecule has 1 N–H and O–H groups in total. The molecule has 0 saturated carbocycles. The zero-order valence-electron chi connectivity index (χ0n) is 14.5. The molecule has 0 aromatic carbocycles. The molecular weight excluding hydrogens is 342 g/mol. The maximum atomic E-state index is 11.3. The van der Waals surface area contributed by atoms with E-state index in [0.717, 1.165) is 17.7 Å². The van der Waals surface area contributed by atoms with Gasteiger partial charge in [-0.05, 0) is 42.2 Å². The minimum atomic E-state index is -0.0560. The van der Waals surface area contributed by atoms with Crippen LogP contribution in [0.5, 0.6) is 0 Å². The van der Waals surface area contributed by atoms with Gasteiger partial charge in [-0.25, -0.2) is 0 Å². The van der Waals surface area contributed by atoms with Crippen LogP contribution in [0.25, 0.3) is 10.8 Å². The van der Waals surface area contributed by atoms with Gasteiger partial charge in [-0.1, -0.05) is 32.5 Å². The van der Waals surface area contributed by atoms with Crippen LogP contribution < -0.4 is 5.32 Å². The Labute approximate surface area is 150 Å². The molecule has 2 aromatic rings. The molecule has 1 aliphatic rings. The second-order valence-corrected chi connectivity index (χ2v) is 9.26. The van der Waals surface area contributed by atoms with Crippen LogP contribution in [-0.2, 0) is 17.6 Å². The molecule has 0 spiro atoms. The Morgan fingerprint density at radius 2 is 2.25 bits per heavy atom. The maximum absolute atomic E-state index is 11.3. The van der Waals surface area contributed by atoms with Crippen molar-refractivity contribution in [1.82, 2.24) is 15.5 Å². The predicted octanol–water partition coefficient (Wildman–Crippen LogP) is 3.79. The van der Waals surface area contributed by atoms with Gasteiger partial charge in [0.2, 0.25) is 5.91 Å². The van der Waals surface area contributed by atoms with E-state index in [-0.39, 0.29) is 11.7 Å². The summed E-state index contributed by atoms with van der Waals surface area (Å²) in [6.07, 6.45) is 3.50. The Hall–Kier alpha value is -1.34. The van der Waals surface area contributed by atoms with E-state index in [4.69, 9.17) is 4.42 Å². The molecule has 0 unspecified atom stereocenters. The molecule has 24 heavy (non-hydrogen) atoms. The van der Waals surface area contributed by atoms with Gasteiger partial charge < -0.3 is 9.73 Å². The lowest BCUT2D eigenvalue weighted by Gasteiger charge is -2.33. The summed E-state index contributed by atoms with van der Waals surface area (Å²) in [4.78, 5) is 13.8. The van der Waals surface area contributed by atoms with Crippen LogP contribution in [-0.4, -0.2) is 28.9 Å². The molecule has 7 heteroatoms. The maximum Gasteiger partial charge on any atom is 0.277 e. The summed E-state index contributed by atoms with van der Waals surface area (Å²) in [5, 5.41) is 11.2. The van der Waals surface area contributed by atoms with Gasteiger partial charge in [0.05, 0.1) is 10.6 Å². The average Bonchev–Trinajstić information content (AvgIpc) is 3.17. The summed E-state index contributed by atoms with van der Waals surface area (Å²) in [7, 11) is 1.61. The van der Waals surface area contributed by atoms with Crippen LogP contribution in [0.1, 0.15) is 37.6 Å². The molecule has 0 fully saturated rings. The quantitative estimate of drug-likeness (QED) is 0.835.